The maximum Gasteiger partial charge on any atom is 0.127 e. The molecule has 1 nitrogen and oxygen atoms in total. The van der Waals surface area contributed by atoms with Crippen molar-refractivity contribution >= 4 is 6.08 Å². The standard InChI is InChI=1S/C14H16O/c1-4-9-14(10-5-1)11-8-12-6-2-3-7-13(12)15-14/h2-3,6-8,11H,1,4-5,9-10H2. The predicted octanol–water partition coefficient (Wildman–Crippen LogP) is 3.80. The largest absolute Gasteiger partial charge is 0.483 e. The maximum atomic E-state index is 6.17. The van der Waals surface area contributed by atoms with Crippen molar-refractivity contribution in [3.8, 4) is 5.75 Å². The maximum absolute atomic E-state index is 6.17. The topological polar surface area (TPSA) is 9.23 Å². The Morgan fingerprint density at radius 3 is 2.67 bits per heavy atom. The van der Waals surface area contributed by atoms with Crippen LogP contribution in [0.3, 0.4) is 0 Å². The van der Waals surface area contributed by atoms with E-state index < -0.39 is 0 Å². The third-order valence-corrected chi connectivity index (χ3v) is 3.50. The molecule has 2 aliphatic rings. The number of fused-ring (bicyclic) bond motifs is 1. The average Bonchev–Trinajstić information content (AvgIpc) is 2.30. The van der Waals surface area contributed by atoms with Gasteiger partial charge in [-0.05, 0) is 37.8 Å². The van der Waals surface area contributed by atoms with E-state index in [1.165, 1.54) is 37.7 Å². The van der Waals surface area contributed by atoms with Gasteiger partial charge >= 0.3 is 0 Å². The first kappa shape index (κ1) is 9.02. The van der Waals surface area contributed by atoms with E-state index >= 15 is 0 Å². The van der Waals surface area contributed by atoms with Crippen molar-refractivity contribution in [2.24, 2.45) is 0 Å². The Balaban J connectivity index is 1.94. The zero-order valence-corrected chi connectivity index (χ0v) is 8.91. The minimum absolute atomic E-state index is 0.0204. The number of rotatable bonds is 0. The molecule has 0 N–H and O–H groups in total. The van der Waals surface area contributed by atoms with Crippen LogP contribution < -0.4 is 4.74 Å². The van der Waals surface area contributed by atoms with E-state index in [1.54, 1.807) is 0 Å². The Bertz CT molecular complexity index is 386. The first-order valence-electron chi connectivity index (χ1n) is 5.85. The van der Waals surface area contributed by atoms with Gasteiger partial charge in [-0.1, -0.05) is 30.7 Å². The zero-order valence-electron chi connectivity index (χ0n) is 8.91. The molecule has 1 saturated carbocycles. The monoisotopic (exact) mass is 200 g/mol. The molecule has 1 aliphatic heterocycles. The highest BCUT2D eigenvalue weighted by Gasteiger charge is 2.33. The molecule has 1 heteroatoms. The van der Waals surface area contributed by atoms with Crippen molar-refractivity contribution in [1.82, 2.24) is 0 Å². The quantitative estimate of drug-likeness (QED) is 0.619. The van der Waals surface area contributed by atoms with Crippen LogP contribution in [0.4, 0.5) is 0 Å². The van der Waals surface area contributed by atoms with E-state index in [9.17, 15) is 0 Å². The third kappa shape index (κ3) is 1.56. The van der Waals surface area contributed by atoms with Gasteiger partial charge in [-0.3, -0.25) is 0 Å². The summed E-state index contributed by atoms with van der Waals surface area (Å²) >= 11 is 0. The van der Waals surface area contributed by atoms with E-state index in [0.717, 1.165) is 5.75 Å². The van der Waals surface area contributed by atoms with Crippen LogP contribution in [-0.4, -0.2) is 5.60 Å². The van der Waals surface area contributed by atoms with E-state index in [0.29, 0.717) is 0 Å². The molecule has 0 unspecified atom stereocenters. The van der Waals surface area contributed by atoms with Gasteiger partial charge in [0.2, 0.25) is 0 Å². The number of hydrogen-bond acceptors (Lipinski definition) is 1. The van der Waals surface area contributed by atoms with Gasteiger partial charge in [0.05, 0.1) is 0 Å². The van der Waals surface area contributed by atoms with Gasteiger partial charge in [-0.2, -0.15) is 0 Å². The molecule has 0 radical (unpaired) electrons. The summed E-state index contributed by atoms with van der Waals surface area (Å²) in [5.74, 6) is 1.06. The molecule has 1 heterocycles. The fourth-order valence-electron chi connectivity index (χ4n) is 2.62. The first-order valence-corrected chi connectivity index (χ1v) is 5.85. The molecule has 78 valence electrons. The Hall–Kier alpha value is -1.24. The summed E-state index contributed by atoms with van der Waals surface area (Å²) in [4.78, 5) is 0. The molecule has 0 saturated heterocycles. The van der Waals surface area contributed by atoms with Crippen LogP contribution >= 0.6 is 0 Å². The molecule has 15 heavy (non-hydrogen) atoms. The zero-order chi connectivity index (χ0) is 10.1. The lowest BCUT2D eigenvalue weighted by atomic mass is 9.83. The van der Waals surface area contributed by atoms with Crippen molar-refractivity contribution in [3.63, 3.8) is 0 Å². The molecule has 0 atom stereocenters. The van der Waals surface area contributed by atoms with Gasteiger partial charge in [0.25, 0.3) is 0 Å². The number of ether oxygens (including phenoxy) is 1. The molecule has 0 amide bonds. The molecule has 1 aromatic rings. The molecule has 1 aliphatic carbocycles. The van der Waals surface area contributed by atoms with E-state index in [4.69, 9.17) is 4.74 Å². The summed E-state index contributed by atoms with van der Waals surface area (Å²) in [6.07, 6.45) is 10.8. The third-order valence-electron chi connectivity index (χ3n) is 3.50. The second-order valence-electron chi connectivity index (χ2n) is 4.60. The molecule has 3 rings (SSSR count). The first-order chi connectivity index (χ1) is 7.38. The van der Waals surface area contributed by atoms with E-state index in [2.05, 4.69) is 36.4 Å². The van der Waals surface area contributed by atoms with Crippen LogP contribution in [0.15, 0.2) is 30.3 Å². The Kier molecular flexibility index (Phi) is 2.05. The van der Waals surface area contributed by atoms with Gasteiger partial charge in [0.1, 0.15) is 11.4 Å². The van der Waals surface area contributed by atoms with Gasteiger partial charge in [0.15, 0.2) is 0 Å². The van der Waals surface area contributed by atoms with Crippen molar-refractivity contribution < 1.29 is 4.74 Å². The molecule has 0 bridgehead atoms. The van der Waals surface area contributed by atoms with Crippen LogP contribution in [-0.2, 0) is 0 Å². The van der Waals surface area contributed by atoms with Gasteiger partial charge in [-0.15, -0.1) is 0 Å². The van der Waals surface area contributed by atoms with Gasteiger partial charge in [0, 0.05) is 5.56 Å². The van der Waals surface area contributed by atoms with Crippen LogP contribution in [0.1, 0.15) is 37.7 Å². The fraction of sp³-hybridized carbons (Fsp3) is 0.429. The number of benzene rings is 1. The van der Waals surface area contributed by atoms with Gasteiger partial charge < -0.3 is 4.74 Å². The normalized spacial score (nSPS) is 22.1. The molecule has 1 spiro atoms. The van der Waals surface area contributed by atoms with E-state index in [1.807, 2.05) is 0 Å². The summed E-state index contributed by atoms with van der Waals surface area (Å²) in [6.45, 7) is 0. The van der Waals surface area contributed by atoms with Crippen molar-refractivity contribution in [1.29, 1.82) is 0 Å². The van der Waals surface area contributed by atoms with Crippen molar-refractivity contribution in [2.45, 2.75) is 37.7 Å². The van der Waals surface area contributed by atoms with Gasteiger partial charge in [-0.25, -0.2) is 0 Å². The minimum atomic E-state index is 0.0204. The number of hydrogen-bond donors (Lipinski definition) is 0. The second kappa shape index (κ2) is 3.41. The number of para-hydroxylation sites is 1. The van der Waals surface area contributed by atoms with Crippen LogP contribution in [0.5, 0.6) is 5.75 Å². The molecule has 1 aromatic carbocycles. The van der Waals surface area contributed by atoms with Crippen molar-refractivity contribution in [3.05, 3.63) is 35.9 Å². The minimum Gasteiger partial charge on any atom is -0.483 e. The highest BCUT2D eigenvalue weighted by molar-refractivity contribution is 5.60. The lowest BCUT2D eigenvalue weighted by Crippen LogP contribution is -2.37. The summed E-state index contributed by atoms with van der Waals surface area (Å²) in [5.41, 5.74) is 1.24. The highest BCUT2D eigenvalue weighted by atomic mass is 16.5. The summed E-state index contributed by atoms with van der Waals surface area (Å²) in [5, 5.41) is 0. The summed E-state index contributed by atoms with van der Waals surface area (Å²) in [7, 11) is 0. The highest BCUT2D eigenvalue weighted by Crippen LogP contribution is 2.39. The van der Waals surface area contributed by atoms with Crippen LogP contribution in [0.2, 0.25) is 0 Å². The molecular formula is C14H16O. The molecule has 1 fully saturated rings. The Morgan fingerprint density at radius 1 is 1.00 bits per heavy atom. The van der Waals surface area contributed by atoms with Crippen LogP contribution in [0, 0.1) is 0 Å². The Labute approximate surface area is 90.8 Å². The summed E-state index contributed by atoms with van der Waals surface area (Å²) < 4.78 is 6.17. The molecule has 0 aromatic heterocycles. The fourth-order valence-corrected chi connectivity index (χ4v) is 2.62. The van der Waals surface area contributed by atoms with E-state index in [-0.39, 0.29) is 5.60 Å². The smallest absolute Gasteiger partial charge is 0.127 e. The lowest BCUT2D eigenvalue weighted by Gasteiger charge is -2.37. The second-order valence-corrected chi connectivity index (χ2v) is 4.60. The predicted molar refractivity (Wildman–Crippen MR) is 61.9 cm³/mol. The molecular weight excluding hydrogens is 184 g/mol. The average molecular weight is 200 g/mol. The van der Waals surface area contributed by atoms with Crippen LogP contribution in [0.25, 0.3) is 6.08 Å². The Morgan fingerprint density at radius 2 is 1.80 bits per heavy atom. The lowest BCUT2D eigenvalue weighted by molar-refractivity contribution is 0.0753. The summed E-state index contributed by atoms with van der Waals surface area (Å²) in [6, 6.07) is 8.30. The SMILES string of the molecule is C1=CC2(CCCCC2)Oc2ccccc21. The van der Waals surface area contributed by atoms with Crippen molar-refractivity contribution in [2.75, 3.05) is 0 Å².